The molecule has 0 saturated carbocycles. The Morgan fingerprint density at radius 3 is 2.71 bits per heavy atom. The number of aromatic nitrogens is 1. The van der Waals surface area contributed by atoms with Crippen LogP contribution in [0.2, 0.25) is 5.02 Å². The summed E-state index contributed by atoms with van der Waals surface area (Å²) < 4.78 is 6.58. The van der Waals surface area contributed by atoms with E-state index >= 15 is 0 Å². The van der Waals surface area contributed by atoms with Crippen molar-refractivity contribution in [1.82, 2.24) is 4.98 Å². The van der Waals surface area contributed by atoms with Gasteiger partial charge in [-0.3, -0.25) is 14.5 Å². The maximum absolute atomic E-state index is 13.7. The van der Waals surface area contributed by atoms with E-state index in [4.69, 9.17) is 16.0 Å². The lowest BCUT2D eigenvalue weighted by Gasteiger charge is -2.24. The fourth-order valence-electron chi connectivity index (χ4n) is 4.41. The van der Waals surface area contributed by atoms with Crippen LogP contribution in [0, 0.1) is 6.92 Å². The molecule has 1 unspecified atom stereocenters. The van der Waals surface area contributed by atoms with Gasteiger partial charge in [-0.2, -0.15) is 0 Å². The molecule has 0 saturated heterocycles. The summed E-state index contributed by atoms with van der Waals surface area (Å²) in [6.07, 6.45) is 0. The lowest BCUT2D eigenvalue weighted by atomic mass is 9.94. The smallest absolute Gasteiger partial charge is 0.296 e. The third-order valence-corrected chi connectivity index (χ3v) is 7.26. The molecule has 0 fully saturated rings. The number of ketones is 1. The van der Waals surface area contributed by atoms with Crippen molar-refractivity contribution < 1.29 is 19.1 Å². The summed E-state index contributed by atoms with van der Waals surface area (Å²) in [6.45, 7) is 1.93. The number of aliphatic hydroxyl groups is 1. The van der Waals surface area contributed by atoms with Crippen molar-refractivity contribution in [2.24, 2.45) is 0 Å². The molecule has 6 rings (SSSR count). The molecule has 172 valence electrons. The van der Waals surface area contributed by atoms with E-state index in [2.05, 4.69) is 4.98 Å². The van der Waals surface area contributed by atoms with Crippen LogP contribution in [0.1, 0.15) is 27.7 Å². The Bertz CT molecular complexity index is 1670. The average Bonchev–Trinajstić information content (AvgIpc) is 3.52. The van der Waals surface area contributed by atoms with E-state index in [-0.39, 0.29) is 11.3 Å². The minimum Gasteiger partial charge on any atom is -0.503 e. The van der Waals surface area contributed by atoms with E-state index in [9.17, 15) is 14.7 Å². The number of benzene rings is 3. The number of para-hydroxylation sites is 1. The van der Waals surface area contributed by atoms with Crippen LogP contribution in [-0.4, -0.2) is 21.8 Å². The summed E-state index contributed by atoms with van der Waals surface area (Å²) in [5.41, 5.74) is 2.80. The van der Waals surface area contributed by atoms with Crippen LogP contribution < -0.4 is 4.90 Å². The highest BCUT2D eigenvalue weighted by Gasteiger charge is 2.46. The lowest BCUT2D eigenvalue weighted by molar-refractivity contribution is -0.117. The molecule has 1 atom stereocenters. The first kappa shape index (κ1) is 21.6. The predicted molar refractivity (Wildman–Crippen MR) is 136 cm³/mol. The van der Waals surface area contributed by atoms with Gasteiger partial charge in [0.05, 0.1) is 21.8 Å². The number of aliphatic hydroxyl groups excluding tert-OH is 1. The number of anilines is 1. The van der Waals surface area contributed by atoms with Crippen LogP contribution >= 0.6 is 22.9 Å². The molecule has 0 aliphatic carbocycles. The highest BCUT2D eigenvalue weighted by atomic mass is 35.5. The van der Waals surface area contributed by atoms with E-state index in [1.165, 1.54) is 16.2 Å². The number of hydrogen-bond acceptors (Lipinski definition) is 6. The second-order valence-electron chi connectivity index (χ2n) is 8.34. The van der Waals surface area contributed by atoms with Gasteiger partial charge in [0.15, 0.2) is 16.7 Å². The second kappa shape index (κ2) is 8.08. The molecule has 1 aliphatic heterocycles. The van der Waals surface area contributed by atoms with E-state index in [1.807, 2.05) is 49.4 Å². The Hall–Kier alpha value is -3.94. The number of furan rings is 1. The van der Waals surface area contributed by atoms with Gasteiger partial charge in [0, 0.05) is 10.4 Å². The molecule has 35 heavy (non-hydrogen) atoms. The van der Waals surface area contributed by atoms with Gasteiger partial charge in [0.2, 0.25) is 5.78 Å². The monoisotopic (exact) mass is 500 g/mol. The Kier molecular flexibility index (Phi) is 4.98. The molecule has 1 N–H and O–H groups in total. The Labute approximate surface area is 208 Å². The minimum absolute atomic E-state index is 0.0445. The van der Waals surface area contributed by atoms with Crippen molar-refractivity contribution in [1.29, 1.82) is 0 Å². The SMILES string of the molecule is Cc1cccc(C2C(C(=O)c3cc4ccccc4o3)=C(O)C(=O)N2c2nc3ccc(Cl)cc3s2)c1. The highest BCUT2D eigenvalue weighted by molar-refractivity contribution is 7.22. The fourth-order valence-corrected chi connectivity index (χ4v) is 5.67. The molecule has 3 aromatic carbocycles. The van der Waals surface area contributed by atoms with Gasteiger partial charge in [-0.15, -0.1) is 0 Å². The van der Waals surface area contributed by atoms with E-state index in [1.54, 1.807) is 30.3 Å². The Balaban J connectivity index is 1.52. The first-order valence-corrected chi connectivity index (χ1v) is 12.0. The van der Waals surface area contributed by atoms with Crippen molar-refractivity contribution >= 4 is 60.9 Å². The third kappa shape index (κ3) is 3.51. The number of halogens is 1. The number of aryl methyl sites for hydroxylation is 1. The number of rotatable bonds is 4. The first-order chi connectivity index (χ1) is 16.9. The minimum atomic E-state index is -0.876. The fraction of sp³-hybridized carbons (Fsp3) is 0.0741. The second-order valence-corrected chi connectivity index (χ2v) is 9.79. The molecule has 3 heterocycles. The van der Waals surface area contributed by atoms with Gasteiger partial charge in [-0.25, -0.2) is 4.98 Å². The van der Waals surface area contributed by atoms with Crippen molar-refractivity contribution in [2.45, 2.75) is 13.0 Å². The van der Waals surface area contributed by atoms with Gasteiger partial charge in [-0.1, -0.05) is 71.0 Å². The molecule has 8 heteroatoms. The molecule has 0 radical (unpaired) electrons. The van der Waals surface area contributed by atoms with Gasteiger partial charge in [-0.05, 0) is 42.8 Å². The maximum atomic E-state index is 13.7. The standard InChI is InChI=1S/C27H17ClN2O4S/c1-14-5-4-7-16(11-14)23-22(24(31)20-12-15-6-2-3-8-19(15)34-20)25(32)26(33)30(23)27-29-18-10-9-17(28)13-21(18)35-27/h2-13,23,32H,1H3. The van der Waals surface area contributed by atoms with Crippen LogP contribution in [0.25, 0.3) is 21.2 Å². The number of fused-ring (bicyclic) bond motifs is 2. The summed E-state index contributed by atoms with van der Waals surface area (Å²) in [5, 5.41) is 12.7. The zero-order chi connectivity index (χ0) is 24.3. The van der Waals surface area contributed by atoms with Gasteiger partial charge in [0.25, 0.3) is 5.91 Å². The molecule has 1 amide bonds. The van der Waals surface area contributed by atoms with Crippen molar-refractivity contribution in [3.63, 3.8) is 0 Å². The number of amides is 1. The molecule has 5 aromatic rings. The quantitative estimate of drug-likeness (QED) is 0.275. The molecule has 2 aromatic heterocycles. The summed E-state index contributed by atoms with van der Waals surface area (Å²) in [4.78, 5) is 33.1. The summed E-state index contributed by atoms with van der Waals surface area (Å²) >= 11 is 7.41. The molecule has 0 spiro atoms. The molecular formula is C27H17ClN2O4S. The topological polar surface area (TPSA) is 83.6 Å². The number of hydrogen-bond donors (Lipinski definition) is 1. The van der Waals surface area contributed by atoms with Crippen molar-refractivity contribution in [3.8, 4) is 0 Å². The van der Waals surface area contributed by atoms with Crippen LogP contribution in [0.4, 0.5) is 5.13 Å². The normalized spacial score (nSPS) is 16.1. The van der Waals surface area contributed by atoms with Gasteiger partial charge in [0.1, 0.15) is 5.58 Å². The molecule has 6 nitrogen and oxygen atoms in total. The van der Waals surface area contributed by atoms with Crippen LogP contribution in [-0.2, 0) is 4.79 Å². The third-order valence-electron chi connectivity index (χ3n) is 6.01. The Morgan fingerprint density at radius 1 is 1.09 bits per heavy atom. The van der Waals surface area contributed by atoms with Gasteiger partial charge >= 0.3 is 0 Å². The number of carbonyl (C=O) groups is 2. The summed E-state index contributed by atoms with van der Waals surface area (Å²) in [5.74, 6) is -1.80. The molecule has 1 aliphatic rings. The average molecular weight is 501 g/mol. The maximum Gasteiger partial charge on any atom is 0.296 e. The number of thiazole rings is 1. The van der Waals surface area contributed by atoms with Crippen LogP contribution in [0.15, 0.2) is 88.5 Å². The van der Waals surface area contributed by atoms with Crippen LogP contribution in [0.5, 0.6) is 0 Å². The summed E-state index contributed by atoms with van der Waals surface area (Å²) in [6, 6.07) is 20.8. The number of Topliss-reactive ketones (excluding diaryl/α,β-unsaturated/α-hetero) is 1. The van der Waals surface area contributed by atoms with Gasteiger partial charge < -0.3 is 9.52 Å². The number of carbonyl (C=O) groups excluding carboxylic acids is 2. The number of nitrogens with zero attached hydrogens (tertiary/aromatic N) is 2. The zero-order valence-electron chi connectivity index (χ0n) is 18.4. The first-order valence-electron chi connectivity index (χ1n) is 10.8. The lowest BCUT2D eigenvalue weighted by Crippen LogP contribution is -2.31. The summed E-state index contributed by atoms with van der Waals surface area (Å²) in [7, 11) is 0. The van der Waals surface area contributed by atoms with Crippen molar-refractivity contribution in [3.05, 3.63) is 106 Å². The predicted octanol–water partition coefficient (Wildman–Crippen LogP) is 6.79. The highest BCUT2D eigenvalue weighted by Crippen LogP contribution is 2.44. The molecule has 0 bridgehead atoms. The zero-order valence-corrected chi connectivity index (χ0v) is 19.9. The van der Waals surface area contributed by atoms with Crippen LogP contribution in [0.3, 0.4) is 0 Å². The van der Waals surface area contributed by atoms with Crippen molar-refractivity contribution in [2.75, 3.05) is 4.90 Å². The largest absolute Gasteiger partial charge is 0.503 e. The van der Waals surface area contributed by atoms with E-state index < -0.39 is 23.5 Å². The Morgan fingerprint density at radius 2 is 1.91 bits per heavy atom. The van der Waals surface area contributed by atoms with E-state index in [0.717, 1.165) is 15.6 Å². The van der Waals surface area contributed by atoms with E-state index in [0.29, 0.717) is 26.8 Å². The molecular weight excluding hydrogens is 484 g/mol.